The number of carbonyl (C=O) groups is 4. The van der Waals surface area contributed by atoms with Crippen LogP contribution in [-0.2, 0) is 30.8 Å². The van der Waals surface area contributed by atoms with Crippen LogP contribution in [0.25, 0.3) is 10.9 Å². The van der Waals surface area contributed by atoms with Crippen LogP contribution in [0.5, 0.6) is 5.75 Å². The van der Waals surface area contributed by atoms with Gasteiger partial charge in [0.05, 0.1) is 16.8 Å². The zero-order valence-corrected chi connectivity index (χ0v) is 34.1. The van der Waals surface area contributed by atoms with E-state index in [-0.39, 0.29) is 48.3 Å². The van der Waals surface area contributed by atoms with Crippen LogP contribution < -0.4 is 14.8 Å². The number of alkyl halides is 5. The summed E-state index contributed by atoms with van der Waals surface area (Å²) in [5.74, 6) is -4.13. The Morgan fingerprint density at radius 2 is 1.83 bits per heavy atom. The molecule has 4 amide bonds. The van der Waals surface area contributed by atoms with E-state index in [4.69, 9.17) is 16.3 Å². The molecule has 13 nitrogen and oxygen atoms in total. The first-order valence-corrected chi connectivity index (χ1v) is 21.4. The largest absolute Gasteiger partial charge is 0.483 e. The second kappa shape index (κ2) is 14.7. The van der Waals surface area contributed by atoms with Gasteiger partial charge in [-0.1, -0.05) is 36.6 Å². The molecule has 1 saturated heterocycles. The molecule has 0 radical (unpaired) electrons. The summed E-state index contributed by atoms with van der Waals surface area (Å²) in [5, 5.41) is 13.7. The lowest BCUT2D eigenvalue weighted by molar-refractivity contribution is -0.220. The van der Waals surface area contributed by atoms with E-state index in [1.807, 2.05) is 0 Å². The standard InChI is InChI=1S/C39H45ClF5N5O8S/c1-35(2,39(43,44)45)50(34(54)55)26-10-8-6-4-5-7-9-21-18-38(21,33(53)48-59(56,57)36(3)15-16-36)47-31(51)27-19-37(20-49(27)32(26)52)14-13-23-24-17-22(40)11-12-25(24)46-28(30(41)42)29(23)58-37/h7,9,11-12,17,21,26-27,30H,4-6,8,10,13-16,18-20H2,1-3H3,(H,47,51)(H,48,53)(H,54,55)/b9-7-/t21-,26+,27+,37-,38-/m1/s1. The number of sulfonamides is 1. The number of hydrogen-bond acceptors (Lipinski definition) is 8. The summed E-state index contributed by atoms with van der Waals surface area (Å²) in [6.07, 6.45) is -5.57. The summed E-state index contributed by atoms with van der Waals surface area (Å²) < 4.78 is 107. The number of amides is 4. The molecule has 20 heteroatoms. The second-order valence-electron chi connectivity index (χ2n) is 17.2. The molecule has 7 rings (SSSR count). The molecule has 3 N–H and O–H groups in total. The van der Waals surface area contributed by atoms with Crippen LogP contribution in [-0.4, -0.2) is 98.4 Å². The average molecular weight is 874 g/mol. The normalized spacial score (nSPS) is 29.0. The van der Waals surface area contributed by atoms with Gasteiger partial charge in [-0.25, -0.2) is 27.0 Å². The average Bonchev–Trinajstić information content (AvgIpc) is 4.03. The molecule has 4 heterocycles. The highest BCUT2D eigenvalue weighted by atomic mass is 35.5. The molecular formula is C39H45ClF5N5O8S. The molecule has 1 spiro atoms. The molecule has 1 aromatic heterocycles. The number of allylic oxidation sites excluding steroid dienone is 1. The van der Waals surface area contributed by atoms with Gasteiger partial charge in [-0.2, -0.15) is 13.2 Å². The van der Waals surface area contributed by atoms with Gasteiger partial charge in [0.25, 0.3) is 12.3 Å². The van der Waals surface area contributed by atoms with E-state index in [0.29, 0.717) is 61.9 Å². The summed E-state index contributed by atoms with van der Waals surface area (Å²) in [5.41, 5.74) is -6.66. The van der Waals surface area contributed by atoms with Gasteiger partial charge in [-0.3, -0.25) is 24.0 Å². The fourth-order valence-electron chi connectivity index (χ4n) is 8.66. The van der Waals surface area contributed by atoms with Gasteiger partial charge in [0.1, 0.15) is 34.5 Å². The number of aryl methyl sites for hydroxylation is 1. The Hall–Kier alpha value is -4.26. The topological polar surface area (TPSA) is 175 Å². The number of rotatable bonds is 6. The SMILES string of the molecule is CC(C)(N(C(=O)O)[C@H]1CCCCC/C=C\[C@@H]2C[C@@]2(C(=O)NS(=O)(=O)C2(C)CC2)NC(=O)[C@@H]2C[C@]3(CCc4c(c(C(F)F)nc5ccc(Cl)cc45)O3)CN2C1=O)C(F)(F)F. The number of aromatic nitrogens is 1. The number of fused-ring (bicyclic) bond motifs is 5. The van der Waals surface area contributed by atoms with Crippen molar-refractivity contribution in [2.24, 2.45) is 5.92 Å². The lowest BCUT2D eigenvalue weighted by Gasteiger charge is -2.43. The number of halogens is 6. The van der Waals surface area contributed by atoms with E-state index in [1.54, 1.807) is 12.2 Å². The number of benzene rings is 1. The minimum absolute atomic E-state index is 0.0110. The van der Waals surface area contributed by atoms with E-state index in [9.17, 15) is 54.7 Å². The summed E-state index contributed by atoms with van der Waals surface area (Å²) >= 11 is 6.25. The fraction of sp³-hybridized carbons (Fsp3) is 0.615. The molecule has 2 saturated carbocycles. The van der Waals surface area contributed by atoms with Gasteiger partial charge in [0.2, 0.25) is 21.8 Å². The number of nitrogens with zero attached hydrogens (tertiary/aromatic N) is 3. The van der Waals surface area contributed by atoms with E-state index >= 15 is 0 Å². The number of carbonyl (C=O) groups excluding carboxylic acids is 3. The third kappa shape index (κ3) is 7.58. The van der Waals surface area contributed by atoms with Crippen molar-refractivity contribution in [1.29, 1.82) is 0 Å². The van der Waals surface area contributed by atoms with Crippen molar-refractivity contribution in [3.05, 3.63) is 46.6 Å². The first kappa shape index (κ1) is 42.8. The van der Waals surface area contributed by atoms with Crippen LogP contribution >= 0.6 is 11.6 Å². The molecule has 0 bridgehead atoms. The summed E-state index contributed by atoms with van der Waals surface area (Å²) in [7, 11) is -4.18. The lowest BCUT2D eigenvalue weighted by Crippen LogP contribution is -2.65. The van der Waals surface area contributed by atoms with Gasteiger partial charge in [-0.15, -0.1) is 0 Å². The molecule has 2 aliphatic carbocycles. The second-order valence-corrected chi connectivity index (χ2v) is 19.8. The molecule has 1 aromatic carbocycles. The minimum atomic E-state index is -5.14. The lowest BCUT2D eigenvalue weighted by atomic mass is 9.87. The Morgan fingerprint density at radius 3 is 2.47 bits per heavy atom. The van der Waals surface area contributed by atoms with Crippen molar-refractivity contribution in [2.75, 3.05) is 6.54 Å². The van der Waals surface area contributed by atoms with Crippen molar-refractivity contribution in [1.82, 2.24) is 24.8 Å². The van der Waals surface area contributed by atoms with Crippen LogP contribution in [0.1, 0.15) is 103 Å². The zero-order chi connectivity index (χ0) is 43.1. The predicted octanol–water partition coefficient (Wildman–Crippen LogP) is 6.57. The molecule has 3 aliphatic heterocycles. The molecule has 0 unspecified atom stereocenters. The van der Waals surface area contributed by atoms with Crippen molar-refractivity contribution in [3.63, 3.8) is 0 Å². The number of ether oxygens (including phenoxy) is 1. The maximum Gasteiger partial charge on any atom is 0.411 e. The third-order valence-electron chi connectivity index (χ3n) is 12.8. The van der Waals surface area contributed by atoms with E-state index in [0.717, 1.165) is 4.90 Å². The Bertz CT molecular complexity index is 2240. The van der Waals surface area contributed by atoms with E-state index < -0.39 is 105 Å². The van der Waals surface area contributed by atoms with Crippen LogP contribution in [0.2, 0.25) is 5.02 Å². The summed E-state index contributed by atoms with van der Waals surface area (Å²) in [4.78, 5) is 61.4. The molecule has 322 valence electrons. The van der Waals surface area contributed by atoms with Crippen LogP contribution in [0, 0.1) is 5.92 Å². The summed E-state index contributed by atoms with van der Waals surface area (Å²) in [6, 6.07) is 0.902. The van der Waals surface area contributed by atoms with Crippen molar-refractivity contribution >= 4 is 56.3 Å². The maximum atomic E-state index is 14.9. The number of carboxylic acid groups (broad SMARTS) is 1. The van der Waals surface area contributed by atoms with Crippen molar-refractivity contribution in [3.8, 4) is 5.75 Å². The van der Waals surface area contributed by atoms with Crippen LogP contribution in [0.15, 0.2) is 30.4 Å². The molecular weight excluding hydrogens is 829 g/mol. The van der Waals surface area contributed by atoms with E-state index in [1.165, 1.54) is 25.1 Å². The molecule has 5 atom stereocenters. The molecule has 2 aromatic rings. The maximum absolute atomic E-state index is 14.9. The predicted molar refractivity (Wildman–Crippen MR) is 203 cm³/mol. The van der Waals surface area contributed by atoms with Gasteiger partial charge >= 0.3 is 12.3 Å². The minimum Gasteiger partial charge on any atom is -0.483 e. The molecule has 5 aliphatic rings. The number of nitrogens with one attached hydrogen (secondary N) is 2. The van der Waals surface area contributed by atoms with Crippen LogP contribution in [0.3, 0.4) is 0 Å². The Balaban J connectivity index is 1.32. The monoisotopic (exact) mass is 873 g/mol. The van der Waals surface area contributed by atoms with Crippen molar-refractivity contribution < 1.29 is 59.4 Å². The fourth-order valence-corrected chi connectivity index (χ4v) is 10.1. The zero-order valence-electron chi connectivity index (χ0n) is 32.5. The smallest absolute Gasteiger partial charge is 0.411 e. The number of pyridine rings is 1. The van der Waals surface area contributed by atoms with E-state index in [2.05, 4.69) is 15.0 Å². The van der Waals surface area contributed by atoms with Gasteiger partial charge in [-0.05, 0) is 90.3 Å². The van der Waals surface area contributed by atoms with Crippen LogP contribution in [0.4, 0.5) is 26.7 Å². The number of hydrogen-bond donors (Lipinski definition) is 3. The van der Waals surface area contributed by atoms with Gasteiger partial charge < -0.3 is 20.1 Å². The van der Waals surface area contributed by atoms with Gasteiger partial charge in [0, 0.05) is 28.3 Å². The van der Waals surface area contributed by atoms with Gasteiger partial charge in [0.15, 0.2) is 5.75 Å². The quantitative estimate of drug-likeness (QED) is 0.214. The first-order chi connectivity index (χ1) is 27.5. The highest BCUT2D eigenvalue weighted by Crippen LogP contribution is 2.50. The summed E-state index contributed by atoms with van der Waals surface area (Å²) in [6.45, 7) is 2.21. The molecule has 3 fully saturated rings. The van der Waals surface area contributed by atoms with Crippen molar-refractivity contribution in [2.45, 2.75) is 138 Å². The Labute approximate surface area is 342 Å². The first-order valence-electron chi connectivity index (χ1n) is 19.5. The third-order valence-corrected chi connectivity index (χ3v) is 15.2. The highest BCUT2D eigenvalue weighted by molar-refractivity contribution is 7.91. The Morgan fingerprint density at radius 1 is 1.12 bits per heavy atom. The molecule has 59 heavy (non-hydrogen) atoms. The highest BCUT2D eigenvalue weighted by Gasteiger charge is 2.64. The Kier molecular flexibility index (Phi) is 10.7.